The van der Waals surface area contributed by atoms with E-state index in [1.165, 1.54) is 12.1 Å². The molecule has 0 amide bonds. The van der Waals surface area contributed by atoms with Crippen LogP contribution in [0, 0.1) is 5.82 Å². The van der Waals surface area contributed by atoms with Crippen LogP contribution < -0.4 is 4.72 Å². The van der Waals surface area contributed by atoms with Gasteiger partial charge in [-0.15, -0.1) is 0 Å². The van der Waals surface area contributed by atoms with Crippen LogP contribution in [-0.4, -0.2) is 15.0 Å². The highest BCUT2D eigenvalue weighted by molar-refractivity contribution is 7.89. The largest absolute Gasteiger partial charge is 0.240 e. The van der Waals surface area contributed by atoms with Crippen molar-refractivity contribution in [1.82, 2.24) is 4.72 Å². The lowest BCUT2D eigenvalue weighted by atomic mass is 9.87. The lowest BCUT2D eigenvalue weighted by molar-refractivity contribution is 0.565. The Morgan fingerprint density at radius 3 is 2.04 bits per heavy atom. The second kappa shape index (κ2) is 6.22. The number of nitrogens with one attached hydrogen (secondary N) is 1. The van der Waals surface area contributed by atoms with Crippen molar-refractivity contribution in [1.29, 1.82) is 0 Å². The molecule has 0 heterocycles. The van der Waals surface area contributed by atoms with Crippen LogP contribution in [0.5, 0.6) is 0 Å². The second-order valence-electron chi connectivity index (χ2n) is 7.89. The van der Waals surface area contributed by atoms with Gasteiger partial charge in [0.05, 0.1) is 4.90 Å². The molecule has 0 unspecified atom stereocenters. The summed E-state index contributed by atoms with van der Waals surface area (Å²) >= 11 is 0. The number of hydrogen-bond donors (Lipinski definition) is 1. The summed E-state index contributed by atoms with van der Waals surface area (Å²) in [6, 6.07) is 13.4. The molecule has 25 heavy (non-hydrogen) atoms. The summed E-state index contributed by atoms with van der Waals surface area (Å²) in [6.45, 7) is 6.61. The summed E-state index contributed by atoms with van der Waals surface area (Å²) in [5.41, 5.74) is 1.86. The molecule has 2 aromatic carbocycles. The Balaban J connectivity index is 1.73. The van der Waals surface area contributed by atoms with Gasteiger partial charge in [-0.2, -0.15) is 0 Å². The third-order valence-corrected chi connectivity index (χ3v) is 6.36. The first kappa shape index (κ1) is 18.1. The van der Waals surface area contributed by atoms with E-state index >= 15 is 0 Å². The highest BCUT2D eigenvalue weighted by Gasteiger charge is 2.44. The zero-order valence-corrected chi connectivity index (χ0v) is 15.7. The van der Waals surface area contributed by atoms with E-state index in [1.54, 1.807) is 24.3 Å². The minimum Gasteiger partial charge on any atom is -0.210 e. The van der Waals surface area contributed by atoms with Crippen LogP contribution in [0.15, 0.2) is 53.4 Å². The van der Waals surface area contributed by atoms with E-state index in [0.717, 1.165) is 24.0 Å². The fraction of sp³-hybridized carbons (Fsp3) is 0.400. The predicted octanol–water partition coefficient (Wildman–Crippen LogP) is 4.13. The molecule has 134 valence electrons. The van der Waals surface area contributed by atoms with Gasteiger partial charge in [0.25, 0.3) is 0 Å². The van der Waals surface area contributed by atoms with Crippen LogP contribution in [0.2, 0.25) is 0 Å². The number of halogens is 1. The normalized spacial score (nSPS) is 16.6. The molecule has 1 fully saturated rings. The maximum Gasteiger partial charge on any atom is 0.240 e. The van der Waals surface area contributed by atoms with Gasteiger partial charge >= 0.3 is 0 Å². The number of sulfonamides is 1. The molecule has 1 saturated carbocycles. The number of hydrogen-bond acceptors (Lipinski definition) is 2. The van der Waals surface area contributed by atoms with Gasteiger partial charge in [0.1, 0.15) is 5.82 Å². The third-order valence-electron chi connectivity index (χ3n) is 4.94. The van der Waals surface area contributed by atoms with Crippen molar-refractivity contribution in [3.8, 4) is 0 Å². The minimum atomic E-state index is -3.56. The molecule has 1 aliphatic carbocycles. The van der Waals surface area contributed by atoms with Gasteiger partial charge in [0.2, 0.25) is 10.0 Å². The molecule has 0 aromatic heterocycles. The highest BCUT2D eigenvalue weighted by atomic mass is 32.2. The van der Waals surface area contributed by atoms with Crippen LogP contribution in [0.25, 0.3) is 0 Å². The Morgan fingerprint density at radius 1 is 1.00 bits per heavy atom. The molecule has 0 bridgehead atoms. The van der Waals surface area contributed by atoms with Gasteiger partial charge in [-0.25, -0.2) is 17.5 Å². The van der Waals surface area contributed by atoms with E-state index in [1.807, 2.05) is 12.1 Å². The van der Waals surface area contributed by atoms with Gasteiger partial charge in [-0.1, -0.05) is 45.0 Å². The fourth-order valence-electron chi connectivity index (χ4n) is 2.97. The van der Waals surface area contributed by atoms with Crippen molar-refractivity contribution in [3.05, 3.63) is 65.5 Å². The molecule has 5 heteroatoms. The predicted molar refractivity (Wildman–Crippen MR) is 97.6 cm³/mol. The Labute approximate surface area is 149 Å². The average molecular weight is 361 g/mol. The van der Waals surface area contributed by atoms with E-state index in [4.69, 9.17) is 0 Å². The Kier molecular flexibility index (Phi) is 4.50. The first-order valence-electron chi connectivity index (χ1n) is 8.49. The van der Waals surface area contributed by atoms with Crippen molar-refractivity contribution in [2.45, 2.75) is 49.3 Å². The van der Waals surface area contributed by atoms with E-state index in [2.05, 4.69) is 25.5 Å². The topological polar surface area (TPSA) is 46.2 Å². The minimum absolute atomic E-state index is 0.0175. The summed E-state index contributed by atoms with van der Waals surface area (Å²) in [5.74, 6) is -0.279. The summed E-state index contributed by atoms with van der Waals surface area (Å²) in [4.78, 5) is 0.274. The maximum absolute atomic E-state index is 13.1. The summed E-state index contributed by atoms with van der Waals surface area (Å²) < 4.78 is 41.0. The molecule has 3 nitrogen and oxygen atoms in total. The summed E-state index contributed by atoms with van der Waals surface area (Å²) in [6.07, 6.45) is 1.81. The standard InChI is InChI=1S/C20H24FNO2S/c1-19(2,3)15-6-10-18(11-7-15)25(23,24)22-14-20(12-13-20)16-4-8-17(21)9-5-16/h4-11,22H,12-14H2,1-3H3. The Bertz CT molecular complexity index is 846. The molecule has 0 radical (unpaired) electrons. The Hall–Kier alpha value is -1.72. The van der Waals surface area contributed by atoms with E-state index < -0.39 is 10.0 Å². The molecule has 1 aliphatic rings. The van der Waals surface area contributed by atoms with Gasteiger partial charge in [0.15, 0.2) is 0 Å². The highest BCUT2D eigenvalue weighted by Crippen LogP contribution is 2.47. The van der Waals surface area contributed by atoms with Crippen molar-refractivity contribution in [3.63, 3.8) is 0 Å². The number of rotatable bonds is 5. The van der Waals surface area contributed by atoms with Crippen LogP contribution >= 0.6 is 0 Å². The summed E-state index contributed by atoms with van der Waals surface area (Å²) in [5, 5.41) is 0. The van der Waals surface area contributed by atoms with E-state index in [0.29, 0.717) is 6.54 Å². The monoisotopic (exact) mass is 361 g/mol. The molecule has 3 rings (SSSR count). The molecule has 2 aromatic rings. The van der Waals surface area contributed by atoms with E-state index in [-0.39, 0.29) is 21.5 Å². The van der Waals surface area contributed by atoms with Crippen LogP contribution in [-0.2, 0) is 20.9 Å². The van der Waals surface area contributed by atoms with E-state index in [9.17, 15) is 12.8 Å². The first-order valence-corrected chi connectivity index (χ1v) is 9.97. The van der Waals surface area contributed by atoms with Gasteiger partial charge in [-0.3, -0.25) is 0 Å². The van der Waals surface area contributed by atoms with Gasteiger partial charge in [-0.05, 0) is 53.6 Å². The lowest BCUT2D eigenvalue weighted by Crippen LogP contribution is -2.32. The Morgan fingerprint density at radius 2 is 1.56 bits per heavy atom. The smallest absolute Gasteiger partial charge is 0.210 e. The fourth-order valence-corrected chi connectivity index (χ4v) is 4.10. The molecule has 1 N–H and O–H groups in total. The molecule has 0 aliphatic heterocycles. The lowest BCUT2D eigenvalue weighted by Gasteiger charge is -2.20. The van der Waals surface area contributed by atoms with Crippen LogP contribution in [0.3, 0.4) is 0 Å². The molecular weight excluding hydrogens is 337 g/mol. The zero-order chi connectivity index (χ0) is 18.3. The van der Waals surface area contributed by atoms with Gasteiger partial charge < -0.3 is 0 Å². The van der Waals surface area contributed by atoms with Crippen molar-refractivity contribution >= 4 is 10.0 Å². The van der Waals surface area contributed by atoms with Crippen LogP contribution in [0.1, 0.15) is 44.7 Å². The summed E-state index contributed by atoms with van der Waals surface area (Å²) in [7, 11) is -3.56. The molecule has 0 atom stereocenters. The second-order valence-corrected chi connectivity index (χ2v) is 9.65. The third kappa shape index (κ3) is 3.93. The average Bonchev–Trinajstić information content (AvgIpc) is 3.34. The number of benzene rings is 2. The van der Waals surface area contributed by atoms with Crippen molar-refractivity contribution in [2.24, 2.45) is 0 Å². The van der Waals surface area contributed by atoms with Gasteiger partial charge in [0, 0.05) is 12.0 Å². The van der Waals surface area contributed by atoms with Crippen LogP contribution in [0.4, 0.5) is 4.39 Å². The SMILES string of the molecule is CC(C)(C)c1ccc(S(=O)(=O)NCC2(c3ccc(F)cc3)CC2)cc1. The molecule has 0 spiro atoms. The molecule has 0 saturated heterocycles. The van der Waals surface area contributed by atoms with Crippen molar-refractivity contribution in [2.75, 3.05) is 6.54 Å². The zero-order valence-electron chi connectivity index (χ0n) is 14.8. The molecular formula is C20H24FNO2S. The van der Waals surface area contributed by atoms with Crippen molar-refractivity contribution < 1.29 is 12.8 Å². The maximum atomic E-state index is 13.1. The first-order chi connectivity index (χ1) is 11.6. The quantitative estimate of drug-likeness (QED) is 0.870.